The van der Waals surface area contributed by atoms with E-state index in [0.29, 0.717) is 11.3 Å². The van der Waals surface area contributed by atoms with Crippen molar-refractivity contribution in [2.75, 3.05) is 13.1 Å². The highest BCUT2D eigenvalue weighted by Crippen LogP contribution is 2.20. The molecule has 0 aliphatic carbocycles. The molecule has 3 heteroatoms. The average Bonchev–Trinajstić information content (AvgIpc) is 3.14. The Labute approximate surface area is 156 Å². The molecule has 0 amide bonds. The molecule has 0 spiro atoms. The molecule has 0 bridgehead atoms. The van der Waals surface area contributed by atoms with Crippen LogP contribution in [0.15, 0.2) is 42.5 Å². The highest BCUT2D eigenvalue weighted by atomic mass is 16.5. The van der Waals surface area contributed by atoms with Gasteiger partial charge in [0.25, 0.3) is 0 Å². The van der Waals surface area contributed by atoms with Crippen molar-refractivity contribution in [3.8, 4) is 23.7 Å². The van der Waals surface area contributed by atoms with Gasteiger partial charge in [0.15, 0.2) is 0 Å². The predicted molar refractivity (Wildman–Crippen MR) is 104 cm³/mol. The van der Waals surface area contributed by atoms with E-state index >= 15 is 0 Å². The molecule has 0 radical (unpaired) electrons. The fraction of sp³-hybridized carbons (Fsp3) is 0.348. The molecule has 1 fully saturated rings. The Morgan fingerprint density at radius 3 is 2.31 bits per heavy atom. The lowest BCUT2D eigenvalue weighted by Crippen LogP contribution is -2.18. The van der Waals surface area contributed by atoms with Crippen molar-refractivity contribution >= 4 is 0 Å². The average molecular weight is 344 g/mol. The van der Waals surface area contributed by atoms with Crippen LogP contribution < -0.4 is 4.74 Å². The van der Waals surface area contributed by atoms with Crippen molar-refractivity contribution in [2.45, 2.75) is 39.3 Å². The molecule has 26 heavy (non-hydrogen) atoms. The summed E-state index contributed by atoms with van der Waals surface area (Å²) in [7, 11) is 0. The molecule has 0 atom stereocenters. The van der Waals surface area contributed by atoms with Crippen molar-refractivity contribution in [3.05, 3.63) is 64.7 Å². The van der Waals surface area contributed by atoms with E-state index in [0.717, 1.165) is 17.7 Å². The zero-order valence-electron chi connectivity index (χ0n) is 15.5. The Morgan fingerprint density at radius 1 is 1.00 bits per heavy atom. The van der Waals surface area contributed by atoms with Crippen molar-refractivity contribution in [1.82, 2.24) is 4.90 Å². The number of nitrogens with zero attached hydrogens (tertiary/aromatic N) is 2. The molecule has 3 rings (SSSR count). The van der Waals surface area contributed by atoms with Gasteiger partial charge in [-0.05, 0) is 75.7 Å². The van der Waals surface area contributed by atoms with Crippen LogP contribution in [0.4, 0.5) is 0 Å². The Bertz CT molecular complexity index is 845. The summed E-state index contributed by atoms with van der Waals surface area (Å²) >= 11 is 0. The maximum Gasteiger partial charge on any atom is 0.137 e. The summed E-state index contributed by atoms with van der Waals surface area (Å²) in [5.41, 5.74) is 3.65. The fourth-order valence-electron chi connectivity index (χ4n) is 3.09. The molecule has 1 heterocycles. The van der Waals surface area contributed by atoms with Crippen LogP contribution >= 0.6 is 0 Å². The number of nitriles is 1. The zero-order chi connectivity index (χ0) is 18.4. The molecule has 0 saturated carbocycles. The maximum atomic E-state index is 9.31. The van der Waals surface area contributed by atoms with Crippen LogP contribution in [0.3, 0.4) is 0 Å². The number of benzene rings is 2. The molecule has 3 nitrogen and oxygen atoms in total. The Kier molecular flexibility index (Phi) is 5.95. The zero-order valence-corrected chi connectivity index (χ0v) is 15.5. The second-order valence-corrected chi connectivity index (χ2v) is 6.92. The maximum absolute atomic E-state index is 9.31. The first kappa shape index (κ1) is 18.1. The molecular formula is C23H24N2O. The van der Waals surface area contributed by atoms with Crippen LogP contribution in [0.5, 0.6) is 5.75 Å². The van der Waals surface area contributed by atoms with Gasteiger partial charge in [-0.25, -0.2) is 0 Å². The topological polar surface area (TPSA) is 36.3 Å². The van der Waals surface area contributed by atoms with Crippen LogP contribution in [0, 0.1) is 23.2 Å². The molecule has 0 unspecified atom stereocenters. The van der Waals surface area contributed by atoms with Crippen molar-refractivity contribution in [2.24, 2.45) is 0 Å². The van der Waals surface area contributed by atoms with Crippen molar-refractivity contribution in [1.29, 1.82) is 5.26 Å². The molecule has 2 aromatic carbocycles. The quantitative estimate of drug-likeness (QED) is 0.774. The van der Waals surface area contributed by atoms with Gasteiger partial charge in [0, 0.05) is 17.7 Å². The minimum absolute atomic E-state index is 0.0399. The van der Waals surface area contributed by atoms with Gasteiger partial charge in [-0.1, -0.05) is 24.0 Å². The standard InChI is InChI=1S/C23H24N2O/c1-18(2)26-23-12-11-20(15-22(23)16-24)8-5-19-6-9-21(10-7-19)17-25-13-3-4-14-25/h6-7,9-12,15,18H,3-4,13-14,17H2,1-2H3. The summed E-state index contributed by atoms with van der Waals surface area (Å²) in [5.74, 6) is 6.93. The van der Waals surface area contributed by atoms with E-state index < -0.39 is 0 Å². The minimum Gasteiger partial charge on any atom is -0.490 e. The van der Waals surface area contributed by atoms with E-state index in [-0.39, 0.29) is 6.10 Å². The number of hydrogen-bond acceptors (Lipinski definition) is 3. The van der Waals surface area contributed by atoms with Crippen LogP contribution in [0.1, 0.15) is 48.9 Å². The molecule has 1 aliphatic rings. The third-order valence-electron chi connectivity index (χ3n) is 4.37. The SMILES string of the molecule is CC(C)Oc1ccc(C#Cc2ccc(CN3CCCC3)cc2)cc1C#N. The first-order valence-electron chi connectivity index (χ1n) is 9.18. The molecule has 1 saturated heterocycles. The number of likely N-dealkylation sites (tertiary alicyclic amines) is 1. The minimum atomic E-state index is 0.0399. The second-order valence-electron chi connectivity index (χ2n) is 6.92. The van der Waals surface area contributed by atoms with Crippen LogP contribution in [-0.2, 0) is 6.54 Å². The Morgan fingerprint density at radius 2 is 1.65 bits per heavy atom. The third-order valence-corrected chi connectivity index (χ3v) is 4.37. The van der Waals surface area contributed by atoms with Crippen LogP contribution in [0.2, 0.25) is 0 Å². The monoisotopic (exact) mass is 344 g/mol. The smallest absolute Gasteiger partial charge is 0.137 e. The number of hydrogen-bond donors (Lipinski definition) is 0. The lowest BCUT2D eigenvalue weighted by Gasteiger charge is -2.14. The summed E-state index contributed by atoms with van der Waals surface area (Å²) < 4.78 is 5.65. The molecule has 0 N–H and O–H groups in total. The molecule has 1 aliphatic heterocycles. The van der Waals surface area contributed by atoms with E-state index in [2.05, 4.69) is 47.1 Å². The van der Waals surface area contributed by atoms with Gasteiger partial charge in [-0.3, -0.25) is 4.90 Å². The summed E-state index contributed by atoms with van der Waals surface area (Å²) in [6.07, 6.45) is 2.67. The van der Waals surface area contributed by atoms with E-state index in [1.54, 1.807) is 6.07 Å². The number of ether oxygens (including phenoxy) is 1. The Balaban J connectivity index is 1.69. The van der Waals surface area contributed by atoms with Crippen LogP contribution in [0.25, 0.3) is 0 Å². The highest BCUT2D eigenvalue weighted by molar-refractivity contribution is 5.51. The van der Waals surface area contributed by atoms with E-state index in [1.807, 2.05) is 26.0 Å². The van der Waals surface area contributed by atoms with Gasteiger partial charge in [0.05, 0.1) is 11.7 Å². The summed E-state index contributed by atoms with van der Waals surface area (Å²) in [4.78, 5) is 2.49. The Hall–Kier alpha value is -2.75. The fourth-order valence-corrected chi connectivity index (χ4v) is 3.09. The van der Waals surface area contributed by atoms with Crippen LogP contribution in [-0.4, -0.2) is 24.1 Å². The number of rotatable bonds is 4. The van der Waals surface area contributed by atoms with E-state index in [4.69, 9.17) is 4.74 Å². The lowest BCUT2D eigenvalue weighted by atomic mass is 10.1. The summed E-state index contributed by atoms with van der Waals surface area (Å²) in [6, 6.07) is 16.1. The van der Waals surface area contributed by atoms with Gasteiger partial charge in [0.1, 0.15) is 11.8 Å². The first-order chi connectivity index (χ1) is 12.6. The van der Waals surface area contributed by atoms with Crippen molar-refractivity contribution < 1.29 is 4.74 Å². The van der Waals surface area contributed by atoms with E-state index in [9.17, 15) is 5.26 Å². The van der Waals surface area contributed by atoms with Gasteiger partial charge >= 0.3 is 0 Å². The van der Waals surface area contributed by atoms with Crippen molar-refractivity contribution in [3.63, 3.8) is 0 Å². The summed E-state index contributed by atoms with van der Waals surface area (Å²) in [5, 5.41) is 9.31. The molecule has 132 valence electrons. The largest absolute Gasteiger partial charge is 0.490 e. The van der Waals surface area contributed by atoms with Gasteiger partial charge in [0.2, 0.25) is 0 Å². The molecular weight excluding hydrogens is 320 g/mol. The highest BCUT2D eigenvalue weighted by Gasteiger charge is 2.11. The second kappa shape index (κ2) is 8.56. The predicted octanol–water partition coefficient (Wildman–Crippen LogP) is 4.34. The lowest BCUT2D eigenvalue weighted by molar-refractivity contribution is 0.241. The van der Waals surface area contributed by atoms with Gasteiger partial charge in [-0.15, -0.1) is 0 Å². The molecule has 2 aromatic rings. The normalized spacial score (nSPS) is 13.9. The first-order valence-corrected chi connectivity index (χ1v) is 9.18. The summed E-state index contributed by atoms with van der Waals surface area (Å²) in [6.45, 7) is 7.33. The van der Waals surface area contributed by atoms with Gasteiger partial charge in [-0.2, -0.15) is 5.26 Å². The van der Waals surface area contributed by atoms with Gasteiger partial charge < -0.3 is 4.74 Å². The third kappa shape index (κ3) is 4.88. The molecule has 0 aromatic heterocycles. The van der Waals surface area contributed by atoms with E-state index in [1.165, 1.54) is 31.5 Å².